The number of amides is 1. The number of hydrogen-bond acceptors (Lipinski definition) is 2. The Labute approximate surface area is 124 Å². The van der Waals surface area contributed by atoms with Gasteiger partial charge in [0, 0.05) is 16.9 Å². The summed E-state index contributed by atoms with van der Waals surface area (Å²) in [4.78, 5) is 16.7. The Balaban J connectivity index is 1.97. The predicted molar refractivity (Wildman–Crippen MR) is 82.0 cm³/mol. The van der Waals surface area contributed by atoms with Gasteiger partial charge in [0.25, 0.3) is 5.91 Å². The molecule has 0 aliphatic rings. The average Bonchev–Trinajstić information content (AvgIpc) is 2.80. The number of anilines is 1. The summed E-state index contributed by atoms with van der Waals surface area (Å²) in [5.74, 6) is -0.161. The number of aryl methyl sites for hydroxylation is 1. The van der Waals surface area contributed by atoms with Gasteiger partial charge in [-0.3, -0.25) is 4.79 Å². The van der Waals surface area contributed by atoms with Crippen molar-refractivity contribution in [1.29, 1.82) is 0 Å². The SMILES string of the molecule is Cc1cn2cccc(NC(=O)c3ccccc3Br)c2n1. The molecule has 0 aliphatic heterocycles. The van der Waals surface area contributed by atoms with E-state index in [1.807, 2.05) is 54.0 Å². The Morgan fingerprint density at radius 2 is 2.05 bits per heavy atom. The zero-order chi connectivity index (χ0) is 14.1. The van der Waals surface area contributed by atoms with Gasteiger partial charge in [-0.1, -0.05) is 12.1 Å². The maximum absolute atomic E-state index is 12.3. The van der Waals surface area contributed by atoms with Crippen molar-refractivity contribution in [2.24, 2.45) is 0 Å². The van der Waals surface area contributed by atoms with Crippen molar-refractivity contribution in [3.8, 4) is 0 Å². The van der Waals surface area contributed by atoms with E-state index in [2.05, 4.69) is 26.2 Å². The lowest BCUT2D eigenvalue weighted by Crippen LogP contribution is -2.13. The molecular weight excluding hydrogens is 318 g/mol. The van der Waals surface area contributed by atoms with Crippen LogP contribution in [0, 0.1) is 6.92 Å². The van der Waals surface area contributed by atoms with E-state index in [4.69, 9.17) is 0 Å². The van der Waals surface area contributed by atoms with E-state index < -0.39 is 0 Å². The van der Waals surface area contributed by atoms with Crippen LogP contribution in [0.3, 0.4) is 0 Å². The second-order valence-corrected chi connectivity index (χ2v) is 5.32. The monoisotopic (exact) mass is 329 g/mol. The standard InChI is InChI=1S/C15H12BrN3O/c1-10-9-19-8-4-7-13(14(19)17-10)18-15(20)11-5-2-3-6-12(11)16/h2-9H,1H3,(H,18,20). The number of aromatic nitrogens is 2. The summed E-state index contributed by atoms with van der Waals surface area (Å²) in [7, 11) is 0. The third-order valence-corrected chi connectivity index (χ3v) is 3.66. The minimum absolute atomic E-state index is 0.161. The maximum Gasteiger partial charge on any atom is 0.256 e. The number of carbonyl (C=O) groups excluding carboxylic acids is 1. The van der Waals surface area contributed by atoms with Crippen molar-refractivity contribution >= 4 is 33.2 Å². The quantitative estimate of drug-likeness (QED) is 0.779. The Bertz CT molecular complexity index is 795. The van der Waals surface area contributed by atoms with Crippen LogP contribution in [0.5, 0.6) is 0 Å². The van der Waals surface area contributed by atoms with Gasteiger partial charge in [0.15, 0.2) is 5.65 Å². The second-order valence-electron chi connectivity index (χ2n) is 4.47. The summed E-state index contributed by atoms with van der Waals surface area (Å²) in [5, 5.41) is 2.90. The molecule has 0 radical (unpaired) electrons. The lowest BCUT2D eigenvalue weighted by Gasteiger charge is -2.07. The van der Waals surface area contributed by atoms with Gasteiger partial charge in [-0.2, -0.15) is 0 Å². The highest BCUT2D eigenvalue weighted by Gasteiger charge is 2.12. The molecule has 5 heteroatoms. The molecule has 2 aromatic heterocycles. The molecule has 20 heavy (non-hydrogen) atoms. The molecule has 0 saturated heterocycles. The highest BCUT2D eigenvalue weighted by molar-refractivity contribution is 9.10. The van der Waals surface area contributed by atoms with Gasteiger partial charge < -0.3 is 9.72 Å². The van der Waals surface area contributed by atoms with Crippen LogP contribution >= 0.6 is 15.9 Å². The summed E-state index contributed by atoms with van der Waals surface area (Å²) in [6.45, 7) is 1.92. The molecule has 0 fully saturated rings. The van der Waals surface area contributed by atoms with E-state index in [9.17, 15) is 4.79 Å². The molecule has 1 aromatic carbocycles. The smallest absolute Gasteiger partial charge is 0.256 e. The Morgan fingerprint density at radius 3 is 2.85 bits per heavy atom. The summed E-state index contributed by atoms with van der Waals surface area (Å²) < 4.78 is 2.66. The Hall–Kier alpha value is -2.14. The Morgan fingerprint density at radius 1 is 1.25 bits per heavy atom. The number of carbonyl (C=O) groups is 1. The number of pyridine rings is 1. The minimum Gasteiger partial charge on any atom is -0.319 e. The third kappa shape index (κ3) is 2.32. The first-order valence-electron chi connectivity index (χ1n) is 6.15. The normalized spacial score (nSPS) is 10.7. The van der Waals surface area contributed by atoms with Crippen LogP contribution in [0.1, 0.15) is 16.1 Å². The lowest BCUT2D eigenvalue weighted by atomic mass is 10.2. The number of nitrogens with one attached hydrogen (secondary N) is 1. The highest BCUT2D eigenvalue weighted by Crippen LogP contribution is 2.20. The minimum atomic E-state index is -0.161. The first-order valence-corrected chi connectivity index (χ1v) is 6.94. The molecule has 3 rings (SSSR count). The van der Waals surface area contributed by atoms with Crippen LogP contribution in [0.4, 0.5) is 5.69 Å². The molecule has 0 unspecified atom stereocenters. The van der Waals surface area contributed by atoms with Gasteiger partial charge in [0.1, 0.15) is 0 Å². The zero-order valence-electron chi connectivity index (χ0n) is 10.8. The van der Waals surface area contributed by atoms with E-state index in [0.717, 1.165) is 15.8 Å². The van der Waals surface area contributed by atoms with E-state index >= 15 is 0 Å². The number of rotatable bonds is 2. The van der Waals surface area contributed by atoms with Crippen LogP contribution < -0.4 is 5.32 Å². The van der Waals surface area contributed by atoms with Gasteiger partial charge in [0.2, 0.25) is 0 Å². The van der Waals surface area contributed by atoms with E-state index in [1.165, 1.54) is 0 Å². The second kappa shape index (κ2) is 5.09. The molecule has 0 saturated carbocycles. The molecule has 1 N–H and O–H groups in total. The molecule has 100 valence electrons. The van der Waals surface area contributed by atoms with Crippen LogP contribution in [-0.4, -0.2) is 15.3 Å². The first-order chi connectivity index (χ1) is 9.65. The van der Waals surface area contributed by atoms with Crippen molar-refractivity contribution in [2.45, 2.75) is 6.92 Å². The van der Waals surface area contributed by atoms with Gasteiger partial charge in [-0.15, -0.1) is 0 Å². The molecular formula is C15H12BrN3O. The number of nitrogens with zero attached hydrogens (tertiary/aromatic N) is 2. The number of benzene rings is 1. The van der Waals surface area contributed by atoms with Gasteiger partial charge in [-0.25, -0.2) is 4.98 Å². The maximum atomic E-state index is 12.3. The van der Waals surface area contributed by atoms with Crippen LogP contribution in [0.25, 0.3) is 5.65 Å². The summed E-state index contributed by atoms with van der Waals surface area (Å²) >= 11 is 3.38. The van der Waals surface area contributed by atoms with E-state index in [0.29, 0.717) is 11.3 Å². The molecule has 0 atom stereocenters. The van der Waals surface area contributed by atoms with Crippen molar-refractivity contribution < 1.29 is 4.79 Å². The number of imidazole rings is 1. The third-order valence-electron chi connectivity index (χ3n) is 2.97. The van der Waals surface area contributed by atoms with Crippen LogP contribution in [0.15, 0.2) is 53.3 Å². The lowest BCUT2D eigenvalue weighted by molar-refractivity contribution is 0.102. The molecule has 2 heterocycles. The molecule has 1 amide bonds. The van der Waals surface area contributed by atoms with Crippen molar-refractivity contribution in [3.63, 3.8) is 0 Å². The molecule has 3 aromatic rings. The Kier molecular flexibility index (Phi) is 3.28. The number of halogens is 1. The fraction of sp³-hybridized carbons (Fsp3) is 0.0667. The summed E-state index contributed by atoms with van der Waals surface area (Å²) in [6, 6.07) is 11.0. The zero-order valence-corrected chi connectivity index (χ0v) is 12.4. The fourth-order valence-corrected chi connectivity index (χ4v) is 2.53. The van der Waals surface area contributed by atoms with E-state index in [1.54, 1.807) is 6.07 Å². The highest BCUT2D eigenvalue weighted by atomic mass is 79.9. The number of hydrogen-bond donors (Lipinski definition) is 1. The number of fused-ring (bicyclic) bond motifs is 1. The van der Waals surface area contributed by atoms with Crippen molar-refractivity contribution in [2.75, 3.05) is 5.32 Å². The van der Waals surface area contributed by atoms with Crippen LogP contribution in [-0.2, 0) is 0 Å². The van der Waals surface area contributed by atoms with Gasteiger partial charge in [0.05, 0.1) is 16.9 Å². The first kappa shape index (κ1) is 12.9. The molecule has 0 spiro atoms. The molecule has 0 bridgehead atoms. The largest absolute Gasteiger partial charge is 0.319 e. The fourth-order valence-electron chi connectivity index (χ4n) is 2.07. The van der Waals surface area contributed by atoms with Crippen molar-refractivity contribution in [1.82, 2.24) is 9.38 Å². The van der Waals surface area contributed by atoms with Crippen LogP contribution in [0.2, 0.25) is 0 Å². The topological polar surface area (TPSA) is 46.4 Å². The molecule has 0 aliphatic carbocycles. The van der Waals surface area contributed by atoms with Gasteiger partial charge in [-0.05, 0) is 47.1 Å². The van der Waals surface area contributed by atoms with E-state index in [-0.39, 0.29) is 5.91 Å². The summed E-state index contributed by atoms with van der Waals surface area (Å²) in [6.07, 6.45) is 3.83. The molecule has 4 nitrogen and oxygen atoms in total. The summed E-state index contributed by atoms with van der Waals surface area (Å²) in [5.41, 5.74) is 2.94. The van der Waals surface area contributed by atoms with Gasteiger partial charge >= 0.3 is 0 Å². The predicted octanol–water partition coefficient (Wildman–Crippen LogP) is 3.66. The van der Waals surface area contributed by atoms with Crippen molar-refractivity contribution in [3.05, 3.63) is 64.5 Å². The average molecular weight is 330 g/mol.